The van der Waals surface area contributed by atoms with Crippen LogP contribution in [-0.4, -0.2) is 36.3 Å². The minimum atomic E-state index is -0.0854. The molecule has 0 aliphatic carbocycles. The molecule has 1 aliphatic heterocycles. The van der Waals surface area contributed by atoms with Gasteiger partial charge in [-0.15, -0.1) is 0 Å². The van der Waals surface area contributed by atoms with Gasteiger partial charge in [0.05, 0.1) is 0 Å². The highest BCUT2D eigenvalue weighted by atomic mass is 16.5. The second-order valence-corrected chi connectivity index (χ2v) is 7.10. The third-order valence-electron chi connectivity index (χ3n) is 4.93. The SMILES string of the molecule is O=C(NCCCN1CCCCCC1=O)c1ccc(COc2ccccc2)cc1. The topological polar surface area (TPSA) is 58.6 Å². The highest BCUT2D eigenvalue weighted by molar-refractivity contribution is 5.94. The van der Waals surface area contributed by atoms with Crippen LogP contribution in [-0.2, 0) is 11.4 Å². The van der Waals surface area contributed by atoms with Crippen molar-refractivity contribution in [2.24, 2.45) is 0 Å². The summed E-state index contributed by atoms with van der Waals surface area (Å²) in [5.74, 6) is 0.988. The van der Waals surface area contributed by atoms with Crippen LogP contribution in [0.4, 0.5) is 0 Å². The molecule has 5 nitrogen and oxygen atoms in total. The summed E-state index contributed by atoms with van der Waals surface area (Å²) in [5.41, 5.74) is 1.65. The van der Waals surface area contributed by atoms with Crippen molar-refractivity contribution < 1.29 is 14.3 Å². The van der Waals surface area contributed by atoms with Gasteiger partial charge in [0, 0.05) is 31.6 Å². The number of para-hydroxylation sites is 1. The fourth-order valence-electron chi connectivity index (χ4n) is 3.28. The van der Waals surface area contributed by atoms with Gasteiger partial charge in [-0.25, -0.2) is 0 Å². The van der Waals surface area contributed by atoms with E-state index in [4.69, 9.17) is 4.74 Å². The molecule has 2 aromatic rings. The maximum absolute atomic E-state index is 12.3. The smallest absolute Gasteiger partial charge is 0.251 e. The molecular formula is C23H28N2O3. The quantitative estimate of drug-likeness (QED) is 0.709. The van der Waals surface area contributed by atoms with E-state index in [1.807, 2.05) is 59.5 Å². The number of amides is 2. The van der Waals surface area contributed by atoms with E-state index in [0.717, 1.165) is 50.1 Å². The van der Waals surface area contributed by atoms with Crippen LogP contribution in [0.15, 0.2) is 54.6 Å². The minimum Gasteiger partial charge on any atom is -0.489 e. The summed E-state index contributed by atoms with van der Waals surface area (Å²) >= 11 is 0. The van der Waals surface area contributed by atoms with E-state index < -0.39 is 0 Å². The minimum absolute atomic E-state index is 0.0854. The maximum atomic E-state index is 12.3. The highest BCUT2D eigenvalue weighted by Crippen LogP contribution is 2.13. The molecule has 1 aliphatic rings. The average Bonchev–Trinajstić information content (AvgIpc) is 2.94. The van der Waals surface area contributed by atoms with E-state index in [-0.39, 0.29) is 11.8 Å². The van der Waals surface area contributed by atoms with E-state index in [9.17, 15) is 9.59 Å². The summed E-state index contributed by atoms with van der Waals surface area (Å²) in [6.45, 7) is 2.60. The molecule has 28 heavy (non-hydrogen) atoms. The van der Waals surface area contributed by atoms with Gasteiger partial charge in [0.15, 0.2) is 0 Å². The Balaban J connectivity index is 1.38. The Kier molecular flexibility index (Phi) is 7.47. The molecule has 5 heteroatoms. The zero-order valence-electron chi connectivity index (χ0n) is 16.2. The summed E-state index contributed by atoms with van der Waals surface area (Å²) in [7, 11) is 0. The monoisotopic (exact) mass is 380 g/mol. The number of hydrogen-bond acceptors (Lipinski definition) is 3. The predicted molar refractivity (Wildman–Crippen MR) is 109 cm³/mol. The summed E-state index contributed by atoms with van der Waals surface area (Å²) < 4.78 is 5.71. The molecule has 148 valence electrons. The molecule has 1 N–H and O–H groups in total. The van der Waals surface area contributed by atoms with Crippen LogP contribution in [0, 0.1) is 0 Å². The highest BCUT2D eigenvalue weighted by Gasteiger charge is 2.15. The molecule has 0 atom stereocenters. The van der Waals surface area contributed by atoms with E-state index >= 15 is 0 Å². The van der Waals surface area contributed by atoms with Crippen molar-refractivity contribution in [3.8, 4) is 5.75 Å². The Bertz CT molecular complexity index is 759. The molecule has 0 saturated carbocycles. The van der Waals surface area contributed by atoms with Gasteiger partial charge >= 0.3 is 0 Å². The van der Waals surface area contributed by atoms with Gasteiger partial charge in [-0.3, -0.25) is 9.59 Å². The van der Waals surface area contributed by atoms with Crippen LogP contribution < -0.4 is 10.1 Å². The van der Waals surface area contributed by atoms with Crippen molar-refractivity contribution in [2.45, 2.75) is 38.7 Å². The van der Waals surface area contributed by atoms with Crippen LogP contribution in [0.1, 0.15) is 48.0 Å². The zero-order chi connectivity index (χ0) is 19.6. The van der Waals surface area contributed by atoms with Crippen LogP contribution in [0.2, 0.25) is 0 Å². The molecule has 2 amide bonds. The van der Waals surface area contributed by atoms with E-state index in [1.165, 1.54) is 0 Å². The number of nitrogens with one attached hydrogen (secondary N) is 1. The summed E-state index contributed by atoms with van der Waals surface area (Å²) in [5, 5.41) is 2.94. The first-order valence-corrected chi connectivity index (χ1v) is 10.0. The number of nitrogens with zero attached hydrogens (tertiary/aromatic N) is 1. The van der Waals surface area contributed by atoms with Crippen molar-refractivity contribution in [1.82, 2.24) is 10.2 Å². The molecule has 0 bridgehead atoms. The summed E-state index contributed by atoms with van der Waals surface area (Å²) in [6.07, 6.45) is 4.65. The van der Waals surface area contributed by atoms with Crippen LogP contribution in [0.25, 0.3) is 0 Å². The lowest BCUT2D eigenvalue weighted by molar-refractivity contribution is -0.130. The molecule has 0 radical (unpaired) electrons. The number of benzene rings is 2. The third kappa shape index (κ3) is 6.12. The molecule has 1 heterocycles. The first-order valence-electron chi connectivity index (χ1n) is 10.0. The van der Waals surface area contributed by atoms with Crippen molar-refractivity contribution in [2.75, 3.05) is 19.6 Å². The second-order valence-electron chi connectivity index (χ2n) is 7.10. The van der Waals surface area contributed by atoms with Gasteiger partial charge in [-0.1, -0.05) is 36.8 Å². The standard InChI is InChI=1S/C23H28N2O3/c26-22-10-5-2-6-16-25(22)17-7-15-24-23(27)20-13-11-19(12-14-20)18-28-21-8-3-1-4-9-21/h1,3-4,8-9,11-14H,2,5-7,10,15-18H2,(H,24,27). The van der Waals surface area contributed by atoms with Crippen LogP contribution in [0.5, 0.6) is 5.75 Å². The number of likely N-dealkylation sites (tertiary alicyclic amines) is 1. The number of carbonyl (C=O) groups is 2. The van der Waals surface area contributed by atoms with E-state index in [0.29, 0.717) is 25.1 Å². The first-order chi connectivity index (χ1) is 13.7. The Labute approximate surface area is 166 Å². The molecule has 1 saturated heterocycles. The molecule has 0 unspecified atom stereocenters. The fourth-order valence-corrected chi connectivity index (χ4v) is 3.28. The molecular weight excluding hydrogens is 352 g/mol. The lowest BCUT2D eigenvalue weighted by Gasteiger charge is -2.20. The van der Waals surface area contributed by atoms with E-state index in [2.05, 4.69) is 5.32 Å². The van der Waals surface area contributed by atoms with Crippen molar-refractivity contribution >= 4 is 11.8 Å². The molecule has 0 aromatic heterocycles. The van der Waals surface area contributed by atoms with Crippen molar-refractivity contribution in [3.63, 3.8) is 0 Å². The number of ether oxygens (including phenoxy) is 1. The Morgan fingerprint density at radius 3 is 2.57 bits per heavy atom. The average molecular weight is 380 g/mol. The Morgan fingerprint density at radius 2 is 1.79 bits per heavy atom. The number of rotatable bonds is 8. The van der Waals surface area contributed by atoms with Gasteiger partial charge in [-0.05, 0) is 49.1 Å². The van der Waals surface area contributed by atoms with Gasteiger partial charge < -0.3 is 15.0 Å². The van der Waals surface area contributed by atoms with Gasteiger partial charge in [0.25, 0.3) is 5.91 Å². The van der Waals surface area contributed by atoms with E-state index in [1.54, 1.807) is 0 Å². The first kappa shape index (κ1) is 19.9. The molecule has 3 rings (SSSR count). The van der Waals surface area contributed by atoms with Gasteiger partial charge in [-0.2, -0.15) is 0 Å². The normalized spacial score (nSPS) is 14.4. The number of carbonyl (C=O) groups excluding carboxylic acids is 2. The zero-order valence-corrected chi connectivity index (χ0v) is 16.2. The van der Waals surface area contributed by atoms with Gasteiger partial charge in [0.2, 0.25) is 5.91 Å². The van der Waals surface area contributed by atoms with Crippen LogP contribution >= 0.6 is 0 Å². The fraction of sp³-hybridized carbons (Fsp3) is 0.391. The maximum Gasteiger partial charge on any atom is 0.251 e. The second kappa shape index (κ2) is 10.5. The predicted octanol–water partition coefficient (Wildman–Crippen LogP) is 3.79. The summed E-state index contributed by atoms with van der Waals surface area (Å²) in [6, 6.07) is 17.1. The van der Waals surface area contributed by atoms with Crippen molar-refractivity contribution in [3.05, 3.63) is 65.7 Å². The van der Waals surface area contributed by atoms with Crippen molar-refractivity contribution in [1.29, 1.82) is 0 Å². The Hall–Kier alpha value is -2.82. The van der Waals surface area contributed by atoms with Gasteiger partial charge in [0.1, 0.15) is 12.4 Å². The molecule has 0 spiro atoms. The molecule has 1 fully saturated rings. The largest absolute Gasteiger partial charge is 0.489 e. The lowest BCUT2D eigenvalue weighted by atomic mass is 10.1. The third-order valence-corrected chi connectivity index (χ3v) is 4.93. The summed E-state index contributed by atoms with van der Waals surface area (Å²) in [4.78, 5) is 26.2. The lowest BCUT2D eigenvalue weighted by Crippen LogP contribution is -2.34. The van der Waals surface area contributed by atoms with Crippen LogP contribution in [0.3, 0.4) is 0 Å². The number of hydrogen-bond donors (Lipinski definition) is 1. The molecule has 2 aromatic carbocycles. The Morgan fingerprint density at radius 1 is 1.00 bits per heavy atom.